The molecule has 0 bridgehead atoms. The van der Waals surface area contributed by atoms with Gasteiger partial charge in [0.05, 0.1) is 11.1 Å². The highest BCUT2D eigenvalue weighted by atomic mass is 79.9. The molecule has 0 aliphatic carbocycles. The van der Waals surface area contributed by atoms with E-state index in [9.17, 15) is 18.4 Å². The van der Waals surface area contributed by atoms with E-state index < -0.39 is 29.7 Å². The monoisotopic (exact) mass is 380 g/mol. The molecule has 0 radical (unpaired) electrons. The Balaban J connectivity index is 2.23. The average molecular weight is 381 g/mol. The Morgan fingerprint density at radius 3 is 2.71 bits per heavy atom. The van der Waals surface area contributed by atoms with E-state index in [4.69, 9.17) is 5.11 Å². The van der Waals surface area contributed by atoms with Crippen LogP contribution in [0.25, 0.3) is 0 Å². The minimum absolute atomic E-state index is 0.0414. The van der Waals surface area contributed by atoms with E-state index in [1.807, 2.05) is 0 Å². The summed E-state index contributed by atoms with van der Waals surface area (Å²) < 4.78 is 26.7. The van der Waals surface area contributed by atoms with E-state index in [0.717, 1.165) is 11.0 Å². The molecular formula is C12H11BrF2N2O3S. The second-order valence-electron chi connectivity index (χ2n) is 4.37. The highest BCUT2D eigenvalue weighted by molar-refractivity contribution is 9.10. The molecule has 0 aromatic heterocycles. The van der Waals surface area contributed by atoms with Gasteiger partial charge in [-0.2, -0.15) is 0 Å². The number of halogens is 3. The first-order valence-electron chi connectivity index (χ1n) is 5.89. The number of rotatable bonds is 2. The standard InChI is InChI=1S/C12H11BrF2N2O3S/c1-5-17(9(4-21-5)11(18)19)12(20)16-10-7(13)2-6(14)3-8(10)15/h2-3,5,9H,4H2,1H3,(H,16,20)(H,18,19). The van der Waals surface area contributed by atoms with E-state index in [2.05, 4.69) is 21.2 Å². The van der Waals surface area contributed by atoms with Gasteiger partial charge in [-0.3, -0.25) is 4.90 Å². The van der Waals surface area contributed by atoms with Gasteiger partial charge in [-0.25, -0.2) is 18.4 Å². The van der Waals surface area contributed by atoms with Crippen LogP contribution >= 0.6 is 27.7 Å². The number of carbonyl (C=O) groups is 2. The Morgan fingerprint density at radius 2 is 2.14 bits per heavy atom. The van der Waals surface area contributed by atoms with E-state index in [1.165, 1.54) is 11.8 Å². The molecule has 1 aliphatic heterocycles. The molecule has 2 unspecified atom stereocenters. The molecule has 2 amide bonds. The predicted molar refractivity (Wildman–Crippen MR) is 78.3 cm³/mol. The number of carbonyl (C=O) groups excluding carboxylic acids is 1. The summed E-state index contributed by atoms with van der Waals surface area (Å²) in [4.78, 5) is 24.4. The molecule has 1 aromatic rings. The number of nitrogens with zero attached hydrogens (tertiary/aromatic N) is 1. The number of anilines is 1. The summed E-state index contributed by atoms with van der Waals surface area (Å²) in [6.07, 6.45) is 0. The van der Waals surface area contributed by atoms with Gasteiger partial charge in [0.25, 0.3) is 0 Å². The molecule has 1 fully saturated rings. The van der Waals surface area contributed by atoms with Gasteiger partial charge in [-0.05, 0) is 28.9 Å². The van der Waals surface area contributed by atoms with Gasteiger partial charge < -0.3 is 10.4 Å². The quantitative estimate of drug-likeness (QED) is 0.826. The fourth-order valence-electron chi connectivity index (χ4n) is 1.97. The molecule has 0 spiro atoms. The van der Waals surface area contributed by atoms with E-state index in [-0.39, 0.29) is 21.3 Å². The Labute approximate surface area is 131 Å². The van der Waals surface area contributed by atoms with Crippen molar-refractivity contribution < 1.29 is 23.5 Å². The molecule has 5 nitrogen and oxygen atoms in total. The number of carboxylic acids is 1. The molecule has 0 saturated carbocycles. The first kappa shape index (κ1) is 16.0. The number of nitrogens with one attached hydrogen (secondary N) is 1. The number of thioether (sulfide) groups is 1. The number of urea groups is 1. The molecule has 114 valence electrons. The van der Waals surface area contributed by atoms with Crippen molar-refractivity contribution in [2.24, 2.45) is 0 Å². The molecule has 1 heterocycles. The summed E-state index contributed by atoms with van der Waals surface area (Å²) in [6, 6.07) is -0.0781. The topological polar surface area (TPSA) is 69.6 Å². The van der Waals surface area contributed by atoms with Crippen molar-refractivity contribution in [3.05, 3.63) is 28.2 Å². The van der Waals surface area contributed by atoms with Crippen molar-refractivity contribution in [1.82, 2.24) is 4.90 Å². The summed E-state index contributed by atoms with van der Waals surface area (Å²) >= 11 is 4.27. The fraction of sp³-hybridized carbons (Fsp3) is 0.333. The minimum atomic E-state index is -1.12. The molecule has 21 heavy (non-hydrogen) atoms. The number of amides is 2. The first-order chi connectivity index (χ1) is 9.81. The third kappa shape index (κ3) is 3.29. The molecule has 2 atom stereocenters. The highest BCUT2D eigenvalue weighted by Crippen LogP contribution is 2.31. The molecule has 1 aliphatic rings. The number of benzene rings is 1. The Bertz CT molecular complexity index is 579. The van der Waals surface area contributed by atoms with Gasteiger partial charge in [0.1, 0.15) is 11.9 Å². The second kappa shape index (κ2) is 6.18. The number of aliphatic carboxylic acids is 1. The van der Waals surface area contributed by atoms with Crippen LogP contribution in [0.15, 0.2) is 16.6 Å². The number of hydrogen-bond donors (Lipinski definition) is 2. The lowest BCUT2D eigenvalue weighted by molar-refractivity contribution is -0.141. The summed E-state index contributed by atoms with van der Waals surface area (Å²) in [5.74, 6) is -2.59. The van der Waals surface area contributed by atoms with Crippen LogP contribution < -0.4 is 5.32 Å². The van der Waals surface area contributed by atoms with Crippen molar-refractivity contribution in [3.8, 4) is 0 Å². The summed E-state index contributed by atoms with van der Waals surface area (Å²) in [7, 11) is 0. The van der Waals surface area contributed by atoms with Crippen LogP contribution in [0, 0.1) is 11.6 Å². The maximum Gasteiger partial charge on any atom is 0.327 e. The Morgan fingerprint density at radius 1 is 1.48 bits per heavy atom. The molecule has 9 heteroatoms. The van der Waals surface area contributed by atoms with Crippen LogP contribution in [0.3, 0.4) is 0 Å². The van der Waals surface area contributed by atoms with Crippen LogP contribution in [-0.4, -0.2) is 39.2 Å². The van der Waals surface area contributed by atoms with E-state index >= 15 is 0 Å². The normalized spacial score (nSPS) is 21.4. The smallest absolute Gasteiger partial charge is 0.327 e. The third-order valence-electron chi connectivity index (χ3n) is 2.98. The van der Waals surface area contributed by atoms with Gasteiger partial charge >= 0.3 is 12.0 Å². The first-order valence-corrected chi connectivity index (χ1v) is 7.73. The maximum atomic E-state index is 13.7. The van der Waals surface area contributed by atoms with E-state index in [0.29, 0.717) is 6.07 Å². The van der Waals surface area contributed by atoms with Crippen LogP contribution in [0.2, 0.25) is 0 Å². The second-order valence-corrected chi connectivity index (χ2v) is 6.57. The third-order valence-corrected chi connectivity index (χ3v) is 4.82. The zero-order valence-electron chi connectivity index (χ0n) is 10.8. The van der Waals surface area contributed by atoms with Gasteiger partial charge in [0.2, 0.25) is 0 Å². The van der Waals surface area contributed by atoms with Crippen LogP contribution in [0.4, 0.5) is 19.3 Å². The van der Waals surface area contributed by atoms with Crippen molar-refractivity contribution in [3.63, 3.8) is 0 Å². The zero-order valence-corrected chi connectivity index (χ0v) is 13.2. The van der Waals surface area contributed by atoms with Crippen molar-refractivity contribution in [2.45, 2.75) is 18.3 Å². The summed E-state index contributed by atoms with van der Waals surface area (Å²) in [5.41, 5.74) is -0.227. The van der Waals surface area contributed by atoms with Crippen LogP contribution in [0.5, 0.6) is 0 Å². The fourth-order valence-corrected chi connectivity index (χ4v) is 3.65. The summed E-state index contributed by atoms with van der Waals surface area (Å²) in [5, 5.41) is 11.0. The van der Waals surface area contributed by atoms with Crippen LogP contribution in [0.1, 0.15) is 6.92 Å². The molecule has 2 N–H and O–H groups in total. The molecular weight excluding hydrogens is 370 g/mol. The van der Waals surface area contributed by atoms with Gasteiger partial charge in [0, 0.05) is 16.3 Å². The lowest BCUT2D eigenvalue weighted by Gasteiger charge is -2.25. The van der Waals surface area contributed by atoms with Gasteiger partial charge in [-0.1, -0.05) is 0 Å². The highest BCUT2D eigenvalue weighted by Gasteiger charge is 2.39. The van der Waals surface area contributed by atoms with Crippen molar-refractivity contribution in [2.75, 3.05) is 11.1 Å². The Kier molecular flexibility index (Phi) is 4.72. The molecule has 1 aromatic carbocycles. The van der Waals surface area contributed by atoms with Crippen LogP contribution in [-0.2, 0) is 4.79 Å². The van der Waals surface area contributed by atoms with Gasteiger partial charge in [0.15, 0.2) is 5.82 Å². The summed E-state index contributed by atoms with van der Waals surface area (Å²) in [6.45, 7) is 1.68. The Hall–Kier alpha value is -1.35. The lowest BCUT2D eigenvalue weighted by atomic mass is 10.2. The molecule has 2 rings (SSSR count). The zero-order chi connectivity index (χ0) is 15.7. The number of hydrogen-bond acceptors (Lipinski definition) is 3. The van der Waals surface area contributed by atoms with Crippen molar-refractivity contribution in [1.29, 1.82) is 0 Å². The SMILES string of the molecule is CC1SCC(C(=O)O)N1C(=O)Nc1c(F)cc(F)cc1Br. The maximum absolute atomic E-state index is 13.7. The minimum Gasteiger partial charge on any atom is -0.480 e. The van der Waals surface area contributed by atoms with Gasteiger partial charge in [-0.15, -0.1) is 11.8 Å². The number of carboxylic acid groups (broad SMARTS) is 1. The average Bonchev–Trinajstić information content (AvgIpc) is 2.75. The largest absolute Gasteiger partial charge is 0.480 e. The molecule has 1 saturated heterocycles. The van der Waals surface area contributed by atoms with Crippen molar-refractivity contribution >= 4 is 45.4 Å². The lowest BCUT2D eigenvalue weighted by Crippen LogP contribution is -2.47. The predicted octanol–water partition coefficient (Wildman–Crippen LogP) is 3.11. The van der Waals surface area contributed by atoms with E-state index in [1.54, 1.807) is 6.92 Å².